The highest BCUT2D eigenvalue weighted by atomic mass is 32.1. The summed E-state index contributed by atoms with van der Waals surface area (Å²) >= 11 is 1.86. The fraction of sp³-hybridized carbons (Fsp3) is 0.167. The molecular weight excluding hydrogens is 521 g/mol. The van der Waals surface area contributed by atoms with Crippen LogP contribution in [0.3, 0.4) is 0 Å². The third kappa shape index (κ3) is 3.80. The zero-order valence-electron chi connectivity index (χ0n) is 23.6. The van der Waals surface area contributed by atoms with Crippen molar-refractivity contribution in [3.63, 3.8) is 0 Å². The van der Waals surface area contributed by atoms with E-state index in [-0.39, 0.29) is 11.2 Å². The average Bonchev–Trinajstić information content (AvgIpc) is 3.57. The van der Waals surface area contributed by atoms with Gasteiger partial charge in [0.25, 0.3) is 0 Å². The Balaban J connectivity index is 1.40. The highest BCUT2D eigenvalue weighted by Gasteiger charge is 2.51. The van der Waals surface area contributed by atoms with Gasteiger partial charge in [0.1, 0.15) is 0 Å². The van der Waals surface area contributed by atoms with E-state index < -0.39 is 7.12 Å². The van der Waals surface area contributed by atoms with Crippen LogP contribution in [0.5, 0.6) is 0 Å². The van der Waals surface area contributed by atoms with E-state index in [9.17, 15) is 0 Å². The number of aromatic nitrogens is 1. The lowest BCUT2D eigenvalue weighted by Gasteiger charge is -2.32. The predicted molar refractivity (Wildman–Crippen MR) is 175 cm³/mol. The summed E-state index contributed by atoms with van der Waals surface area (Å²) in [6, 6.07) is 39.6. The molecule has 0 unspecified atom stereocenters. The normalized spacial score (nSPS) is 16.4. The van der Waals surface area contributed by atoms with Crippen molar-refractivity contribution < 1.29 is 9.31 Å². The van der Waals surface area contributed by atoms with Crippen LogP contribution in [-0.2, 0) is 9.31 Å². The summed E-state index contributed by atoms with van der Waals surface area (Å²) in [5.41, 5.74) is 6.21. The maximum absolute atomic E-state index is 6.46. The van der Waals surface area contributed by atoms with Gasteiger partial charge in [-0.05, 0) is 80.7 Å². The summed E-state index contributed by atoms with van der Waals surface area (Å²) in [5.74, 6) is 0. The van der Waals surface area contributed by atoms with Gasteiger partial charge in [-0.1, -0.05) is 72.8 Å². The van der Waals surface area contributed by atoms with Gasteiger partial charge in [0.05, 0.1) is 22.2 Å². The van der Waals surface area contributed by atoms with Gasteiger partial charge < -0.3 is 13.9 Å². The van der Waals surface area contributed by atoms with Gasteiger partial charge in [-0.2, -0.15) is 0 Å². The summed E-state index contributed by atoms with van der Waals surface area (Å²) in [7, 11) is -0.407. The Morgan fingerprint density at radius 2 is 1.27 bits per heavy atom. The van der Waals surface area contributed by atoms with E-state index in [1.807, 2.05) is 11.3 Å². The first-order valence-electron chi connectivity index (χ1n) is 14.2. The minimum Gasteiger partial charge on any atom is -0.399 e. The first-order chi connectivity index (χ1) is 19.8. The second-order valence-electron chi connectivity index (χ2n) is 12.1. The molecule has 1 aliphatic heterocycles. The Hall–Kier alpha value is -3.90. The SMILES string of the molecule is CC1(C)OB(c2ccc3c(c2)c2cc4c(cc2n3-c2cccc(-c3ccccc3)c2)sc2ccccc24)OC1(C)C. The first-order valence-corrected chi connectivity index (χ1v) is 15.0. The minimum absolute atomic E-state index is 0.389. The highest BCUT2D eigenvalue weighted by molar-refractivity contribution is 7.25. The van der Waals surface area contributed by atoms with Crippen molar-refractivity contribution in [1.29, 1.82) is 0 Å². The van der Waals surface area contributed by atoms with Crippen LogP contribution >= 0.6 is 11.3 Å². The lowest BCUT2D eigenvalue weighted by Crippen LogP contribution is -2.41. The third-order valence-corrected chi connectivity index (χ3v) is 10.2. The van der Waals surface area contributed by atoms with Gasteiger partial charge in [-0.15, -0.1) is 11.3 Å². The highest BCUT2D eigenvalue weighted by Crippen LogP contribution is 2.41. The van der Waals surface area contributed by atoms with E-state index in [1.54, 1.807) is 0 Å². The third-order valence-electron chi connectivity index (χ3n) is 9.02. The Morgan fingerprint density at radius 1 is 0.561 bits per heavy atom. The maximum Gasteiger partial charge on any atom is 0.494 e. The fourth-order valence-electron chi connectivity index (χ4n) is 6.11. The molecule has 1 fully saturated rings. The molecule has 0 bridgehead atoms. The van der Waals surface area contributed by atoms with E-state index in [4.69, 9.17) is 9.31 Å². The molecule has 2 aromatic heterocycles. The molecule has 0 saturated carbocycles. The van der Waals surface area contributed by atoms with Crippen LogP contribution in [0.4, 0.5) is 0 Å². The molecule has 0 spiro atoms. The molecule has 7 aromatic rings. The number of hydrogen-bond acceptors (Lipinski definition) is 3. The quantitative estimate of drug-likeness (QED) is 0.205. The van der Waals surface area contributed by atoms with E-state index in [0.717, 1.165) is 11.2 Å². The molecular formula is C36H30BNO2S. The smallest absolute Gasteiger partial charge is 0.399 e. The van der Waals surface area contributed by atoms with Crippen molar-refractivity contribution in [2.75, 3.05) is 0 Å². The summed E-state index contributed by atoms with van der Waals surface area (Å²) in [5, 5.41) is 5.05. The summed E-state index contributed by atoms with van der Waals surface area (Å²) in [4.78, 5) is 0. The molecule has 8 rings (SSSR count). The van der Waals surface area contributed by atoms with E-state index in [2.05, 4.69) is 141 Å². The van der Waals surface area contributed by atoms with E-state index in [1.165, 1.54) is 53.1 Å². The zero-order chi connectivity index (χ0) is 27.9. The van der Waals surface area contributed by atoms with Gasteiger partial charge in [0.2, 0.25) is 0 Å². The van der Waals surface area contributed by atoms with Gasteiger partial charge in [0, 0.05) is 36.6 Å². The van der Waals surface area contributed by atoms with Crippen LogP contribution in [0.1, 0.15) is 27.7 Å². The second kappa shape index (κ2) is 8.80. The lowest BCUT2D eigenvalue weighted by molar-refractivity contribution is 0.00578. The number of hydrogen-bond donors (Lipinski definition) is 0. The molecule has 1 saturated heterocycles. The molecule has 200 valence electrons. The molecule has 3 nitrogen and oxygen atoms in total. The molecule has 1 aliphatic rings. The van der Waals surface area contributed by atoms with Gasteiger partial charge in [-0.3, -0.25) is 0 Å². The van der Waals surface area contributed by atoms with Gasteiger partial charge in [0.15, 0.2) is 0 Å². The topological polar surface area (TPSA) is 23.4 Å². The van der Waals surface area contributed by atoms with Crippen molar-refractivity contribution in [1.82, 2.24) is 4.57 Å². The molecule has 5 aromatic carbocycles. The van der Waals surface area contributed by atoms with Crippen LogP contribution in [0.2, 0.25) is 0 Å². The van der Waals surface area contributed by atoms with Crippen molar-refractivity contribution in [2.24, 2.45) is 0 Å². The molecule has 3 heterocycles. The molecule has 0 amide bonds. The van der Waals surface area contributed by atoms with Crippen LogP contribution in [-0.4, -0.2) is 22.9 Å². The van der Waals surface area contributed by atoms with Crippen LogP contribution in [0.25, 0.3) is 58.8 Å². The van der Waals surface area contributed by atoms with Crippen molar-refractivity contribution in [3.05, 3.63) is 109 Å². The number of nitrogens with zero attached hydrogens (tertiary/aromatic N) is 1. The van der Waals surface area contributed by atoms with E-state index in [0.29, 0.717) is 0 Å². The number of rotatable bonds is 3. The van der Waals surface area contributed by atoms with Crippen molar-refractivity contribution in [2.45, 2.75) is 38.9 Å². The molecule has 5 heteroatoms. The number of benzene rings is 5. The minimum atomic E-state index is -0.407. The monoisotopic (exact) mass is 551 g/mol. The van der Waals surface area contributed by atoms with Crippen LogP contribution in [0, 0.1) is 0 Å². The van der Waals surface area contributed by atoms with Crippen molar-refractivity contribution >= 4 is 65.9 Å². The van der Waals surface area contributed by atoms with Crippen LogP contribution in [0.15, 0.2) is 109 Å². The number of fused-ring (bicyclic) bond motifs is 6. The molecule has 0 radical (unpaired) electrons. The Bertz CT molecular complexity index is 2110. The molecule has 41 heavy (non-hydrogen) atoms. The zero-order valence-corrected chi connectivity index (χ0v) is 24.5. The molecule has 0 aliphatic carbocycles. The summed E-state index contributed by atoms with van der Waals surface area (Å²) < 4.78 is 17.9. The van der Waals surface area contributed by atoms with Gasteiger partial charge in [-0.25, -0.2) is 0 Å². The molecule has 0 N–H and O–H groups in total. The largest absolute Gasteiger partial charge is 0.494 e. The number of thiophene rings is 1. The second-order valence-corrected chi connectivity index (χ2v) is 13.2. The summed E-state index contributed by atoms with van der Waals surface area (Å²) in [6.45, 7) is 8.43. The van der Waals surface area contributed by atoms with Crippen molar-refractivity contribution in [3.8, 4) is 16.8 Å². The standard InChI is InChI=1S/C36H30BNO2S/c1-35(2)36(3,4)40-37(39-35)25-17-18-31-28(20-25)29-21-30-27-15-8-9-16-33(27)41-34(30)22-32(29)38(31)26-14-10-13-24(19-26)23-11-6-5-7-12-23/h5-22H,1-4H3. The lowest BCUT2D eigenvalue weighted by atomic mass is 9.78. The Morgan fingerprint density at radius 3 is 2.07 bits per heavy atom. The fourth-order valence-corrected chi connectivity index (χ4v) is 7.24. The Labute approximate surface area is 244 Å². The first kappa shape index (κ1) is 24.9. The van der Waals surface area contributed by atoms with Gasteiger partial charge >= 0.3 is 7.12 Å². The maximum atomic E-state index is 6.46. The predicted octanol–water partition coefficient (Wildman–Crippen LogP) is 9.12. The Kier molecular flexibility index (Phi) is 5.34. The molecule has 0 atom stereocenters. The average molecular weight is 552 g/mol. The van der Waals surface area contributed by atoms with E-state index >= 15 is 0 Å². The van der Waals surface area contributed by atoms with Crippen LogP contribution < -0.4 is 5.46 Å². The summed E-state index contributed by atoms with van der Waals surface area (Å²) in [6.07, 6.45) is 0.